The minimum absolute atomic E-state index is 0.226. The first-order valence-corrected chi connectivity index (χ1v) is 12.5. The van der Waals surface area contributed by atoms with E-state index < -0.39 is 23.7 Å². The molecule has 38 heavy (non-hydrogen) atoms. The molecule has 4 aromatic rings. The van der Waals surface area contributed by atoms with Gasteiger partial charge < -0.3 is 10.4 Å². The summed E-state index contributed by atoms with van der Waals surface area (Å²) in [5.74, 6) is -0.443. The van der Waals surface area contributed by atoms with Crippen LogP contribution in [0.25, 0.3) is 11.1 Å². The summed E-state index contributed by atoms with van der Waals surface area (Å²) in [6, 6.07) is 16.2. The number of hydrogen-bond donors (Lipinski definition) is 2. The first-order chi connectivity index (χ1) is 18.0. The Morgan fingerprint density at radius 2 is 1.68 bits per heavy atom. The molecule has 0 aliphatic rings. The molecule has 1 aromatic heterocycles. The molecule has 1 heterocycles. The Morgan fingerprint density at radius 3 is 2.26 bits per heavy atom. The number of rotatable bonds is 7. The number of halogens is 3. The summed E-state index contributed by atoms with van der Waals surface area (Å²) in [7, 11) is 0. The van der Waals surface area contributed by atoms with Crippen molar-refractivity contribution in [3.05, 3.63) is 99.5 Å². The van der Waals surface area contributed by atoms with Gasteiger partial charge in [0.2, 0.25) is 0 Å². The molecule has 10 heteroatoms. The highest BCUT2D eigenvalue weighted by Gasteiger charge is 2.30. The molecule has 0 atom stereocenters. The van der Waals surface area contributed by atoms with Crippen molar-refractivity contribution >= 4 is 34.7 Å². The molecule has 0 aliphatic carbocycles. The van der Waals surface area contributed by atoms with Crippen LogP contribution in [-0.4, -0.2) is 28.6 Å². The molecule has 2 amide bonds. The lowest BCUT2D eigenvalue weighted by Crippen LogP contribution is -2.31. The predicted octanol–water partition coefficient (Wildman–Crippen LogP) is 7.43. The van der Waals surface area contributed by atoms with Crippen LogP contribution in [0.3, 0.4) is 0 Å². The monoisotopic (exact) mass is 539 g/mol. The Labute approximate surface area is 221 Å². The zero-order valence-corrected chi connectivity index (χ0v) is 21.4. The van der Waals surface area contributed by atoms with E-state index in [4.69, 9.17) is 0 Å². The van der Waals surface area contributed by atoms with Crippen molar-refractivity contribution in [2.75, 3.05) is 16.8 Å². The minimum Gasteiger partial charge on any atom is -0.465 e. The largest absolute Gasteiger partial charge is 0.465 e. The first-order valence-electron chi connectivity index (χ1n) is 11.6. The lowest BCUT2D eigenvalue weighted by Gasteiger charge is -2.19. The highest BCUT2D eigenvalue weighted by atomic mass is 32.1. The van der Waals surface area contributed by atoms with E-state index in [1.54, 1.807) is 42.5 Å². The van der Waals surface area contributed by atoms with Gasteiger partial charge in [-0.3, -0.25) is 9.69 Å². The Hall–Kier alpha value is -4.18. The number of carboxylic acid groups (broad SMARTS) is 1. The van der Waals surface area contributed by atoms with Crippen LogP contribution in [0.4, 0.5) is 29.3 Å². The summed E-state index contributed by atoms with van der Waals surface area (Å²) in [4.78, 5) is 30.5. The first kappa shape index (κ1) is 26.9. The van der Waals surface area contributed by atoms with Gasteiger partial charge in [0.15, 0.2) is 0 Å². The van der Waals surface area contributed by atoms with Gasteiger partial charge in [-0.05, 0) is 67.4 Å². The third-order valence-electron chi connectivity index (χ3n) is 5.87. The van der Waals surface area contributed by atoms with Gasteiger partial charge in [0.1, 0.15) is 0 Å². The van der Waals surface area contributed by atoms with E-state index in [2.05, 4.69) is 10.3 Å². The van der Waals surface area contributed by atoms with Crippen molar-refractivity contribution in [2.45, 2.75) is 26.4 Å². The molecule has 0 fully saturated rings. The molecule has 0 aliphatic heterocycles. The number of aryl methyl sites for hydroxylation is 2. The average molecular weight is 540 g/mol. The fraction of sp³-hybridized carbons (Fsp3) is 0.179. The third kappa shape index (κ3) is 6.38. The van der Waals surface area contributed by atoms with Crippen LogP contribution in [-0.2, 0) is 12.6 Å². The highest BCUT2D eigenvalue weighted by molar-refractivity contribution is 7.09. The predicted molar refractivity (Wildman–Crippen MR) is 142 cm³/mol. The molecule has 0 unspecified atom stereocenters. The van der Waals surface area contributed by atoms with Crippen LogP contribution < -0.4 is 10.2 Å². The van der Waals surface area contributed by atoms with E-state index in [-0.39, 0.29) is 6.54 Å². The second-order valence-corrected chi connectivity index (χ2v) is 9.73. The van der Waals surface area contributed by atoms with Gasteiger partial charge in [-0.15, -0.1) is 11.3 Å². The Bertz CT molecular complexity index is 1450. The van der Waals surface area contributed by atoms with Crippen LogP contribution >= 0.6 is 11.3 Å². The van der Waals surface area contributed by atoms with Crippen molar-refractivity contribution in [3.8, 4) is 11.1 Å². The van der Waals surface area contributed by atoms with Crippen molar-refractivity contribution in [1.82, 2.24) is 4.98 Å². The Kier molecular flexibility index (Phi) is 7.82. The number of nitrogens with one attached hydrogen (secondary N) is 1. The fourth-order valence-electron chi connectivity index (χ4n) is 3.94. The van der Waals surface area contributed by atoms with Gasteiger partial charge in [-0.1, -0.05) is 29.8 Å². The topological polar surface area (TPSA) is 82.5 Å². The third-order valence-corrected chi connectivity index (χ3v) is 6.69. The quantitative estimate of drug-likeness (QED) is 0.256. The van der Waals surface area contributed by atoms with E-state index in [1.807, 2.05) is 19.2 Å². The lowest BCUT2D eigenvalue weighted by molar-refractivity contribution is -0.137. The number of aromatic nitrogens is 1. The van der Waals surface area contributed by atoms with E-state index in [0.29, 0.717) is 34.5 Å². The van der Waals surface area contributed by atoms with Crippen molar-refractivity contribution in [1.29, 1.82) is 0 Å². The smallest absolute Gasteiger partial charge is 0.416 e. The van der Waals surface area contributed by atoms with Crippen LogP contribution in [0, 0.1) is 13.8 Å². The highest BCUT2D eigenvalue weighted by Crippen LogP contribution is 2.32. The standard InChI is InChI=1S/C28H24F3N3O3S/c1-17-3-12-24(25(15-17)19-4-6-20(7-5-19)28(29,30)31)26(35)33-21-8-10-23(11-9-21)34(27(36)37)14-13-22-16-38-18(2)32-22/h3-12,15-16H,13-14H2,1-2H3,(H,33,35)(H,36,37). The molecule has 0 saturated carbocycles. The van der Waals surface area contributed by atoms with Gasteiger partial charge in [0, 0.05) is 35.3 Å². The van der Waals surface area contributed by atoms with Crippen molar-refractivity contribution < 1.29 is 27.9 Å². The van der Waals surface area contributed by atoms with Crippen LogP contribution in [0.15, 0.2) is 72.1 Å². The maximum atomic E-state index is 13.1. The molecule has 2 N–H and O–H groups in total. The van der Waals surface area contributed by atoms with E-state index in [1.165, 1.54) is 28.4 Å². The normalized spacial score (nSPS) is 11.3. The number of anilines is 2. The number of amides is 2. The second kappa shape index (κ2) is 11.1. The van der Waals surface area contributed by atoms with Crippen LogP contribution in [0.2, 0.25) is 0 Å². The molecule has 0 radical (unpaired) electrons. The summed E-state index contributed by atoms with van der Waals surface area (Å²) >= 11 is 1.51. The fourth-order valence-corrected chi connectivity index (χ4v) is 4.59. The van der Waals surface area contributed by atoms with Crippen molar-refractivity contribution in [2.24, 2.45) is 0 Å². The van der Waals surface area contributed by atoms with Gasteiger partial charge in [-0.25, -0.2) is 9.78 Å². The Morgan fingerprint density at radius 1 is 1.00 bits per heavy atom. The van der Waals surface area contributed by atoms with E-state index >= 15 is 0 Å². The summed E-state index contributed by atoms with van der Waals surface area (Å²) in [6.07, 6.45) is -5.09. The van der Waals surface area contributed by atoms with Gasteiger partial charge >= 0.3 is 12.3 Å². The summed E-state index contributed by atoms with van der Waals surface area (Å²) in [5.41, 5.74) is 3.08. The molecule has 4 rings (SSSR count). The molecule has 0 bridgehead atoms. The van der Waals surface area contributed by atoms with E-state index in [9.17, 15) is 27.9 Å². The molecule has 0 saturated heterocycles. The molecule has 6 nitrogen and oxygen atoms in total. The second-order valence-electron chi connectivity index (χ2n) is 8.67. The van der Waals surface area contributed by atoms with Crippen molar-refractivity contribution in [3.63, 3.8) is 0 Å². The number of benzene rings is 3. The molecular formula is C28H24F3N3O3S. The van der Waals surface area contributed by atoms with Gasteiger partial charge in [-0.2, -0.15) is 13.2 Å². The summed E-state index contributed by atoms with van der Waals surface area (Å²) in [5, 5.41) is 15.3. The number of nitrogens with zero attached hydrogens (tertiary/aromatic N) is 2. The zero-order chi connectivity index (χ0) is 27.4. The number of carbonyl (C=O) groups excluding carboxylic acids is 1. The SMILES string of the molecule is Cc1ccc(C(=O)Nc2ccc(N(CCc3csc(C)n3)C(=O)O)cc2)c(-c2ccc(C(F)(F)F)cc2)c1. The maximum Gasteiger partial charge on any atom is 0.416 e. The summed E-state index contributed by atoms with van der Waals surface area (Å²) in [6.45, 7) is 3.95. The molecule has 196 valence electrons. The van der Waals surface area contributed by atoms with E-state index in [0.717, 1.165) is 28.4 Å². The number of alkyl halides is 3. The van der Waals surface area contributed by atoms with Gasteiger partial charge in [0.25, 0.3) is 5.91 Å². The molecular weight excluding hydrogens is 515 g/mol. The lowest BCUT2D eigenvalue weighted by atomic mass is 9.96. The zero-order valence-electron chi connectivity index (χ0n) is 20.5. The number of thiazole rings is 1. The van der Waals surface area contributed by atoms with Gasteiger partial charge in [0.05, 0.1) is 16.3 Å². The maximum absolute atomic E-state index is 13.1. The van der Waals surface area contributed by atoms with Crippen LogP contribution in [0.5, 0.6) is 0 Å². The van der Waals surface area contributed by atoms with Crippen LogP contribution in [0.1, 0.15) is 32.2 Å². The number of hydrogen-bond acceptors (Lipinski definition) is 4. The molecule has 3 aromatic carbocycles. The average Bonchev–Trinajstić information content (AvgIpc) is 3.29. The molecule has 0 spiro atoms. The minimum atomic E-state index is -4.45. The Balaban J connectivity index is 1.51. The summed E-state index contributed by atoms with van der Waals surface area (Å²) < 4.78 is 38.9. The number of carbonyl (C=O) groups is 2.